The minimum atomic E-state index is 0.381. The van der Waals surface area contributed by atoms with Crippen molar-refractivity contribution in [2.24, 2.45) is 23.6 Å². The Hall–Kier alpha value is -1.06. The second kappa shape index (κ2) is 6.15. The molecule has 4 atom stereocenters. The molecule has 0 amide bonds. The number of nitrogens with two attached hydrogens (primary N) is 1. The van der Waals surface area contributed by atoms with Crippen LogP contribution in [0, 0.1) is 17.8 Å². The van der Waals surface area contributed by atoms with Gasteiger partial charge in [-0.2, -0.15) is 0 Å². The molecule has 2 aliphatic rings. The molecule has 0 aliphatic heterocycles. The van der Waals surface area contributed by atoms with E-state index in [1.807, 2.05) is 6.07 Å². The van der Waals surface area contributed by atoms with Gasteiger partial charge in [0.1, 0.15) is 5.75 Å². The van der Waals surface area contributed by atoms with Gasteiger partial charge in [-0.25, -0.2) is 0 Å². The summed E-state index contributed by atoms with van der Waals surface area (Å²) in [6, 6.07) is 8.70. The molecule has 2 fully saturated rings. The molecule has 0 spiro atoms. The van der Waals surface area contributed by atoms with Crippen LogP contribution in [0.2, 0.25) is 0 Å². The Kier molecular flexibility index (Phi) is 4.27. The van der Waals surface area contributed by atoms with E-state index >= 15 is 0 Å². The summed E-state index contributed by atoms with van der Waals surface area (Å²) in [6.07, 6.45) is 8.03. The molecular formula is C17H26N2O. The zero-order valence-corrected chi connectivity index (χ0v) is 12.3. The molecule has 0 saturated heterocycles. The third kappa shape index (κ3) is 2.99. The van der Waals surface area contributed by atoms with E-state index < -0.39 is 0 Å². The third-order valence-corrected chi connectivity index (χ3v) is 5.32. The average Bonchev–Trinajstić information content (AvgIpc) is 3.09. The monoisotopic (exact) mass is 274 g/mol. The van der Waals surface area contributed by atoms with Crippen molar-refractivity contribution in [2.75, 3.05) is 7.11 Å². The van der Waals surface area contributed by atoms with Crippen molar-refractivity contribution in [3.05, 3.63) is 29.8 Å². The summed E-state index contributed by atoms with van der Waals surface area (Å²) in [5.41, 5.74) is 4.33. The number of benzene rings is 1. The largest absolute Gasteiger partial charge is 0.497 e. The molecule has 1 aromatic carbocycles. The summed E-state index contributed by atoms with van der Waals surface area (Å²) in [6.45, 7) is 0. The number of fused-ring (bicyclic) bond motifs is 2. The van der Waals surface area contributed by atoms with Crippen LogP contribution >= 0.6 is 0 Å². The fourth-order valence-electron chi connectivity index (χ4n) is 4.32. The van der Waals surface area contributed by atoms with E-state index in [0.29, 0.717) is 6.04 Å². The van der Waals surface area contributed by atoms with E-state index in [4.69, 9.17) is 10.6 Å². The highest BCUT2D eigenvalue weighted by atomic mass is 16.5. The molecule has 110 valence electrons. The van der Waals surface area contributed by atoms with Crippen molar-refractivity contribution in [3.63, 3.8) is 0 Å². The summed E-state index contributed by atoms with van der Waals surface area (Å²) in [7, 11) is 1.72. The van der Waals surface area contributed by atoms with E-state index in [1.165, 1.54) is 37.7 Å². The number of nitrogens with one attached hydrogen (secondary N) is 1. The van der Waals surface area contributed by atoms with Crippen LogP contribution in [0.3, 0.4) is 0 Å². The first-order chi connectivity index (χ1) is 9.78. The second-order valence-electron chi connectivity index (χ2n) is 6.59. The second-order valence-corrected chi connectivity index (χ2v) is 6.59. The Morgan fingerprint density at radius 1 is 1.35 bits per heavy atom. The van der Waals surface area contributed by atoms with Gasteiger partial charge in [0.05, 0.1) is 7.11 Å². The fourth-order valence-corrected chi connectivity index (χ4v) is 4.32. The van der Waals surface area contributed by atoms with Gasteiger partial charge in [-0.3, -0.25) is 11.3 Å². The topological polar surface area (TPSA) is 47.3 Å². The number of rotatable bonds is 6. The molecule has 0 heterocycles. The van der Waals surface area contributed by atoms with Gasteiger partial charge in [-0.1, -0.05) is 18.6 Å². The van der Waals surface area contributed by atoms with Crippen LogP contribution in [0.25, 0.3) is 0 Å². The Morgan fingerprint density at radius 2 is 2.25 bits per heavy atom. The van der Waals surface area contributed by atoms with Crippen molar-refractivity contribution in [3.8, 4) is 5.75 Å². The van der Waals surface area contributed by atoms with Crippen LogP contribution < -0.4 is 16.0 Å². The molecule has 3 heteroatoms. The quantitative estimate of drug-likeness (QED) is 0.619. The Bertz CT molecular complexity index is 448. The SMILES string of the molecule is COc1cccc(CC(CC2CC3CCC2C3)NN)c1. The van der Waals surface area contributed by atoms with Gasteiger partial charge in [0.2, 0.25) is 0 Å². The minimum Gasteiger partial charge on any atom is -0.497 e. The molecule has 0 aromatic heterocycles. The summed E-state index contributed by atoms with van der Waals surface area (Å²) in [4.78, 5) is 0. The maximum absolute atomic E-state index is 5.79. The summed E-state index contributed by atoms with van der Waals surface area (Å²) in [5, 5.41) is 0. The highest BCUT2D eigenvalue weighted by Crippen LogP contribution is 2.49. The first-order valence-electron chi connectivity index (χ1n) is 7.87. The summed E-state index contributed by atoms with van der Waals surface area (Å²) >= 11 is 0. The molecule has 3 nitrogen and oxygen atoms in total. The van der Waals surface area contributed by atoms with Crippen LogP contribution in [0.1, 0.15) is 37.7 Å². The Morgan fingerprint density at radius 3 is 2.90 bits per heavy atom. The molecule has 20 heavy (non-hydrogen) atoms. The number of hydrazine groups is 1. The van der Waals surface area contributed by atoms with Crippen LogP contribution in [0.4, 0.5) is 0 Å². The molecule has 2 saturated carbocycles. The maximum atomic E-state index is 5.79. The normalized spacial score (nSPS) is 29.6. The van der Waals surface area contributed by atoms with E-state index in [9.17, 15) is 0 Å². The van der Waals surface area contributed by atoms with Crippen LogP contribution in [0.5, 0.6) is 5.75 Å². The van der Waals surface area contributed by atoms with Crippen molar-refractivity contribution < 1.29 is 4.74 Å². The predicted octanol–water partition coefficient (Wildman–Crippen LogP) is 2.90. The number of methoxy groups -OCH3 is 1. The minimum absolute atomic E-state index is 0.381. The van der Waals surface area contributed by atoms with E-state index in [0.717, 1.165) is 29.9 Å². The van der Waals surface area contributed by atoms with Crippen molar-refractivity contribution in [2.45, 2.75) is 44.6 Å². The summed E-state index contributed by atoms with van der Waals surface area (Å²) < 4.78 is 5.29. The van der Waals surface area contributed by atoms with Crippen molar-refractivity contribution in [1.82, 2.24) is 5.43 Å². The van der Waals surface area contributed by atoms with Crippen LogP contribution in [0.15, 0.2) is 24.3 Å². The van der Waals surface area contributed by atoms with Crippen molar-refractivity contribution in [1.29, 1.82) is 0 Å². The Labute approximate surface area is 121 Å². The molecule has 0 radical (unpaired) electrons. The third-order valence-electron chi connectivity index (χ3n) is 5.32. The lowest BCUT2D eigenvalue weighted by atomic mass is 9.83. The average molecular weight is 274 g/mol. The number of ether oxygens (including phenoxy) is 1. The van der Waals surface area contributed by atoms with Gasteiger partial charge >= 0.3 is 0 Å². The van der Waals surface area contributed by atoms with Crippen molar-refractivity contribution >= 4 is 0 Å². The molecule has 3 N–H and O–H groups in total. The fraction of sp³-hybridized carbons (Fsp3) is 0.647. The van der Waals surface area contributed by atoms with Gasteiger partial charge in [0, 0.05) is 6.04 Å². The first kappa shape index (κ1) is 13.9. The standard InChI is InChI=1S/C17H26N2O/c1-20-17-4-2-3-12(10-17)9-16(19-18)11-15-8-13-5-6-14(15)7-13/h2-4,10,13-16,19H,5-9,11,18H2,1H3. The Balaban J connectivity index is 1.59. The highest BCUT2D eigenvalue weighted by Gasteiger charge is 2.39. The molecule has 3 rings (SSSR count). The van der Waals surface area contributed by atoms with E-state index in [-0.39, 0.29) is 0 Å². The zero-order chi connectivity index (χ0) is 13.9. The van der Waals surface area contributed by atoms with Gasteiger partial charge in [-0.05, 0) is 67.6 Å². The molecule has 2 aliphatic carbocycles. The molecular weight excluding hydrogens is 248 g/mol. The number of hydrogen-bond donors (Lipinski definition) is 2. The van der Waals surface area contributed by atoms with E-state index in [1.54, 1.807) is 7.11 Å². The predicted molar refractivity (Wildman–Crippen MR) is 81.4 cm³/mol. The first-order valence-corrected chi connectivity index (χ1v) is 7.87. The lowest BCUT2D eigenvalue weighted by Crippen LogP contribution is -2.39. The van der Waals surface area contributed by atoms with Gasteiger partial charge in [0.25, 0.3) is 0 Å². The van der Waals surface area contributed by atoms with Gasteiger partial charge in [-0.15, -0.1) is 0 Å². The zero-order valence-electron chi connectivity index (χ0n) is 12.3. The molecule has 2 bridgehead atoms. The smallest absolute Gasteiger partial charge is 0.119 e. The highest BCUT2D eigenvalue weighted by molar-refractivity contribution is 5.29. The van der Waals surface area contributed by atoms with Crippen LogP contribution in [-0.2, 0) is 6.42 Å². The summed E-state index contributed by atoms with van der Waals surface area (Å²) in [5.74, 6) is 9.59. The molecule has 1 aromatic rings. The van der Waals surface area contributed by atoms with Gasteiger partial charge < -0.3 is 4.74 Å². The lowest BCUT2D eigenvalue weighted by molar-refractivity contribution is 0.277. The van der Waals surface area contributed by atoms with E-state index in [2.05, 4.69) is 23.6 Å². The maximum Gasteiger partial charge on any atom is 0.119 e. The van der Waals surface area contributed by atoms with Crippen LogP contribution in [-0.4, -0.2) is 13.2 Å². The van der Waals surface area contributed by atoms with Gasteiger partial charge in [0.15, 0.2) is 0 Å². The molecule has 4 unspecified atom stereocenters. The lowest BCUT2D eigenvalue weighted by Gasteiger charge is -2.26. The number of hydrogen-bond acceptors (Lipinski definition) is 3.